The second-order valence-electron chi connectivity index (χ2n) is 5.97. The van der Waals surface area contributed by atoms with E-state index in [9.17, 15) is 9.59 Å². The van der Waals surface area contributed by atoms with E-state index in [0.717, 1.165) is 11.1 Å². The van der Waals surface area contributed by atoms with E-state index in [1.807, 2.05) is 18.2 Å². The predicted molar refractivity (Wildman–Crippen MR) is 69.1 cm³/mol. The molecule has 0 aliphatic heterocycles. The Hall–Kier alpha value is -1.64. The van der Waals surface area contributed by atoms with Crippen LogP contribution < -0.4 is 0 Å². The van der Waals surface area contributed by atoms with Gasteiger partial charge in [-0.3, -0.25) is 9.59 Å². The number of aliphatic carboxylic acids is 1. The zero-order valence-electron chi connectivity index (χ0n) is 11.0. The fraction of sp³-hybridized carbons (Fsp3) is 0.467. The first-order chi connectivity index (χ1) is 8.29. The molecule has 1 aromatic rings. The number of hydrogen-bond acceptors (Lipinski definition) is 2. The third-order valence-electron chi connectivity index (χ3n) is 3.51. The van der Waals surface area contributed by atoms with Crippen molar-refractivity contribution in [2.75, 3.05) is 0 Å². The summed E-state index contributed by atoms with van der Waals surface area (Å²) >= 11 is 0. The lowest BCUT2D eigenvalue weighted by atomic mass is 9.85. The molecule has 0 bridgehead atoms. The molecular weight excluding hydrogens is 228 g/mol. The molecule has 1 aliphatic rings. The van der Waals surface area contributed by atoms with Crippen molar-refractivity contribution < 1.29 is 14.7 Å². The van der Waals surface area contributed by atoms with Gasteiger partial charge in [-0.1, -0.05) is 32.9 Å². The molecular formula is C15H18O3. The molecule has 1 aliphatic carbocycles. The minimum absolute atomic E-state index is 0.000193. The topological polar surface area (TPSA) is 54.4 Å². The van der Waals surface area contributed by atoms with Gasteiger partial charge in [-0.15, -0.1) is 0 Å². The maximum absolute atomic E-state index is 11.9. The fourth-order valence-electron chi connectivity index (χ4n) is 2.46. The SMILES string of the molecule is CC(C)(C)c1ccc2c(c1)C(=O)CC2CC(=O)O. The first kappa shape index (κ1) is 12.8. The molecule has 96 valence electrons. The van der Waals surface area contributed by atoms with Crippen LogP contribution in [-0.4, -0.2) is 16.9 Å². The minimum atomic E-state index is -0.847. The Morgan fingerprint density at radius 1 is 1.39 bits per heavy atom. The van der Waals surface area contributed by atoms with Crippen LogP contribution in [0.2, 0.25) is 0 Å². The van der Waals surface area contributed by atoms with E-state index in [1.54, 1.807) is 0 Å². The van der Waals surface area contributed by atoms with Crippen LogP contribution in [0.5, 0.6) is 0 Å². The minimum Gasteiger partial charge on any atom is -0.481 e. The number of carboxylic acids is 1. The molecule has 0 radical (unpaired) electrons. The van der Waals surface area contributed by atoms with E-state index >= 15 is 0 Å². The van der Waals surface area contributed by atoms with Gasteiger partial charge in [-0.2, -0.15) is 0 Å². The number of Topliss-reactive ketones (excluding diaryl/α,β-unsaturated/α-hetero) is 1. The highest BCUT2D eigenvalue weighted by Crippen LogP contribution is 2.37. The number of hydrogen-bond donors (Lipinski definition) is 1. The Labute approximate surface area is 107 Å². The molecule has 3 heteroatoms. The Morgan fingerprint density at radius 2 is 2.06 bits per heavy atom. The van der Waals surface area contributed by atoms with E-state index in [2.05, 4.69) is 20.8 Å². The molecule has 1 N–H and O–H groups in total. The Bertz CT molecular complexity index is 509. The smallest absolute Gasteiger partial charge is 0.303 e. The number of benzene rings is 1. The van der Waals surface area contributed by atoms with Gasteiger partial charge in [0.15, 0.2) is 5.78 Å². The molecule has 0 saturated carbocycles. The van der Waals surface area contributed by atoms with E-state index in [0.29, 0.717) is 12.0 Å². The average Bonchev–Trinajstić information content (AvgIpc) is 2.53. The lowest BCUT2D eigenvalue weighted by molar-refractivity contribution is -0.137. The van der Waals surface area contributed by atoms with Gasteiger partial charge in [0.05, 0.1) is 6.42 Å². The maximum atomic E-state index is 11.9. The lowest BCUT2D eigenvalue weighted by Crippen LogP contribution is -2.12. The highest BCUT2D eigenvalue weighted by atomic mass is 16.4. The van der Waals surface area contributed by atoms with Gasteiger partial charge in [-0.05, 0) is 22.6 Å². The number of carboxylic acid groups (broad SMARTS) is 1. The first-order valence-electron chi connectivity index (χ1n) is 6.18. The van der Waals surface area contributed by atoms with E-state index < -0.39 is 5.97 Å². The molecule has 0 spiro atoms. The van der Waals surface area contributed by atoms with E-state index in [1.165, 1.54) is 0 Å². The first-order valence-corrected chi connectivity index (χ1v) is 6.18. The molecule has 0 saturated heterocycles. The Kier molecular flexibility index (Phi) is 3.01. The van der Waals surface area contributed by atoms with Crippen LogP contribution in [0.4, 0.5) is 0 Å². The third-order valence-corrected chi connectivity index (χ3v) is 3.51. The summed E-state index contributed by atoms with van der Waals surface area (Å²) in [5.41, 5.74) is 2.73. The van der Waals surface area contributed by atoms with Gasteiger partial charge in [-0.25, -0.2) is 0 Å². The van der Waals surface area contributed by atoms with Crippen LogP contribution in [0.3, 0.4) is 0 Å². The number of carbonyl (C=O) groups is 2. The number of carbonyl (C=O) groups excluding carboxylic acids is 1. The van der Waals surface area contributed by atoms with Crippen LogP contribution >= 0.6 is 0 Å². The second kappa shape index (κ2) is 4.23. The summed E-state index contributed by atoms with van der Waals surface area (Å²) in [7, 11) is 0. The third kappa shape index (κ3) is 2.30. The van der Waals surface area contributed by atoms with Crippen molar-refractivity contribution in [3.05, 3.63) is 34.9 Å². The Balaban J connectivity index is 2.40. The predicted octanol–water partition coefficient (Wildman–Crippen LogP) is 3.13. The van der Waals surface area contributed by atoms with Gasteiger partial charge >= 0.3 is 5.97 Å². The van der Waals surface area contributed by atoms with Crippen molar-refractivity contribution in [2.24, 2.45) is 0 Å². The standard InChI is InChI=1S/C15H18O3/c1-15(2,3)10-4-5-11-9(7-14(17)18)6-13(16)12(11)8-10/h4-5,8-9H,6-7H2,1-3H3,(H,17,18). The Morgan fingerprint density at radius 3 is 2.61 bits per heavy atom. The van der Waals surface area contributed by atoms with E-state index in [-0.39, 0.29) is 23.5 Å². The monoisotopic (exact) mass is 246 g/mol. The van der Waals surface area contributed by atoms with Crippen molar-refractivity contribution in [2.45, 2.75) is 44.9 Å². The van der Waals surface area contributed by atoms with Crippen LogP contribution in [-0.2, 0) is 10.2 Å². The van der Waals surface area contributed by atoms with Crippen LogP contribution in [0.15, 0.2) is 18.2 Å². The fourth-order valence-corrected chi connectivity index (χ4v) is 2.46. The van der Waals surface area contributed by atoms with Crippen LogP contribution in [0.25, 0.3) is 0 Å². The van der Waals surface area contributed by atoms with Crippen LogP contribution in [0, 0.1) is 0 Å². The molecule has 0 heterocycles. The summed E-state index contributed by atoms with van der Waals surface area (Å²) in [5.74, 6) is -0.929. The maximum Gasteiger partial charge on any atom is 0.303 e. The summed E-state index contributed by atoms with van der Waals surface area (Å²) in [6, 6.07) is 5.86. The van der Waals surface area contributed by atoms with Crippen LogP contribution in [0.1, 0.15) is 61.0 Å². The summed E-state index contributed by atoms with van der Waals surface area (Å²) in [6.45, 7) is 6.30. The van der Waals surface area contributed by atoms with Gasteiger partial charge in [0.2, 0.25) is 0 Å². The van der Waals surface area contributed by atoms with Crippen molar-refractivity contribution in [1.82, 2.24) is 0 Å². The summed E-state index contributed by atoms with van der Waals surface area (Å²) in [4.78, 5) is 22.7. The molecule has 1 unspecified atom stereocenters. The van der Waals surface area contributed by atoms with Gasteiger partial charge < -0.3 is 5.11 Å². The quantitative estimate of drug-likeness (QED) is 0.872. The summed E-state index contributed by atoms with van der Waals surface area (Å²) in [6.07, 6.45) is 0.364. The molecule has 1 aromatic carbocycles. The molecule has 0 amide bonds. The molecule has 3 nitrogen and oxygen atoms in total. The van der Waals surface area contributed by atoms with Crippen molar-refractivity contribution >= 4 is 11.8 Å². The van der Waals surface area contributed by atoms with Gasteiger partial charge in [0.25, 0.3) is 0 Å². The molecule has 0 aromatic heterocycles. The van der Waals surface area contributed by atoms with Gasteiger partial charge in [0, 0.05) is 17.9 Å². The number of ketones is 1. The van der Waals surface area contributed by atoms with Gasteiger partial charge in [0.1, 0.15) is 0 Å². The normalized spacial score (nSPS) is 18.8. The largest absolute Gasteiger partial charge is 0.481 e. The second-order valence-corrected chi connectivity index (χ2v) is 5.97. The summed E-state index contributed by atoms with van der Waals surface area (Å²) in [5, 5.41) is 8.86. The number of fused-ring (bicyclic) bond motifs is 1. The highest BCUT2D eigenvalue weighted by molar-refractivity contribution is 6.02. The number of rotatable bonds is 2. The zero-order chi connectivity index (χ0) is 13.5. The molecule has 18 heavy (non-hydrogen) atoms. The highest BCUT2D eigenvalue weighted by Gasteiger charge is 2.31. The van der Waals surface area contributed by atoms with Crippen molar-refractivity contribution in [1.29, 1.82) is 0 Å². The molecule has 0 fully saturated rings. The molecule has 1 atom stereocenters. The lowest BCUT2D eigenvalue weighted by Gasteiger charge is -2.20. The van der Waals surface area contributed by atoms with Crippen molar-refractivity contribution in [3.8, 4) is 0 Å². The van der Waals surface area contributed by atoms with E-state index in [4.69, 9.17) is 5.11 Å². The molecule has 2 rings (SSSR count). The average molecular weight is 246 g/mol. The van der Waals surface area contributed by atoms with Crippen molar-refractivity contribution in [3.63, 3.8) is 0 Å². The summed E-state index contributed by atoms with van der Waals surface area (Å²) < 4.78 is 0. The zero-order valence-corrected chi connectivity index (χ0v) is 11.0.